The van der Waals surface area contributed by atoms with Crippen molar-refractivity contribution in [3.63, 3.8) is 0 Å². The molecular formula is C20H17N3O2S. The highest BCUT2D eigenvalue weighted by Gasteiger charge is 2.35. The molecule has 0 spiro atoms. The summed E-state index contributed by atoms with van der Waals surface area (Å²) in [5.74, 6) is -0.831. The number of aromatic nitrogens is 1. The lowest BCUT2D eigenvalue weighted by atomic mass is 9.89. The third kappa shape index (κ3) is 2.99. The number of aryl methyl sites for hydroxylation is 1. The molecule has 0 saturated heterocycles. The predicted molar refractivity (Wildman–Crippen MR) is 103 cm³/mol. The fourth-order valence-corrected chi connectivity index (χ4v) is 3.97. The van der Waals surface area contributed by atoms with Crippen LogP contribution in [0.4, 0.5) is 16.5 Å². The molecular weight excluding hydrogens is 346 g/mol. The van der Waals surface area contributed by atoms with Crippen LogP contribution in [-0.4, -0.2) is 16.8 Å². The Labute approximate surface area is 155 Å². The lowest BCUT2D eigenvalue weighted by Crippen LogP contribution is -2.36. The average Bonchev–Trinajstić information content (AvgIpc) is 3.08. The lowest BCUT2D eigenvalue weighted by Gasteiger charge is -2.29. The Morgan fingerprint density at radius 2 is 1.88 bits per heavy atom. The Kier molecular flexibility index (Phi) is 4.26. The number of carbonyl (C=O) groups excluding carboxylic acids is 2. The van der Waals surface area contributed by atoms with Crippen molar-refractivity contribution in [1.82, 2.24) is 4.98 Å². The van der Waals surface area contributed by atoms with E-state index in [1.165, 1.54) is 11.3 Å². The molecule has 2 aromatic carbocycles. The van der Waals surface area contributed by atoms with E-state index < -0.39 is 5.92 Å². The molecule has 3 aromatic rings. The standard InChI is InChI=1S/C20H17N3O2S/c1-13-12-26-20(21-13)23(14-7-3-2-4-8-14)19(25)16-11-18(24)22-17-10-6-5-9-15(16)17/h2-10,12,16H,11H2,1H3,(H,22,24). The van der Waals surface area contributed by atoms with Gasteiger partial charge in [-0.05, 0) is 30.7 Å². The van der Waals surface area contributed by atoms with Crippen LogP contribution in [0, 0.1) is 6.92 Å². The maximum Gasteiger partial charge on any atom is 0.241 e. The first-order valence-electron chi connectivity index (χ1n) is 8.33. The Morgan fingerprint density at radius 3 is 2.62 bits per heavy atom. The highest BCUT2D eigenvalue weighted by atomic mass is 32.1. The van der Waals surface area contributed by atoms with Gasteiger partial charge in [-0.25, -0.2) is 4.98 Å². The topological polar surface area (TPSA) is 62.3 Å². The molecule has 0 aliphatic carbocycles. The molecule has 1 aliphatic rings. The summed E-state index contributed by atoms with van der Waals surface area (Å²) in [6.07, 6.45) is 0.129. The van der Waals surface area contributed by atoms with Crippen LogP contribution in [0.3, 0.4) is 0 Å². The van der Waals surface area contributed by atoms with Crippen molar-refractivity contribution in [3.05, 3.63) is 71.2 Å². The van der Waals surface area contributed by atoms with Crippen LogP contribution < -0.4 is 10.2 Å². The van der Waals surface area contributed by atoms with Crippen molar-refractivity contribution in [2.75, 3.05) is 10.2 Å². The molecule has 2 heterocycles. The maximum atomic E-state index is 13.5. The fraction of sp³-hybridized carbons (Fsp3) is 0.150. The second-order valence-corrected chi connectivity index (χ2v) is 7.01. The minimum atomic E-state index is -0.538. The average molecular weight is 363 g/mol. The highest BCUT2D eigenvalue weighted by Crippen LogP contribution is 2.37. The summed E-state index contributed by atoms with van der Waals surface area (Å²) in [6.45, 7) is 1.90. The van der Waals surface area contributed by atoms with Crippen LogP contribution in [0.2, 0.25) is 0 Å². The van der Waals surface area contributed by atoms with Gasteiger partial charge in [0.15, 0.2) is 5.13 Å². The summed E-state index contributed by atoms with van der Waals surface area (Å²) in [5, 5.41) is 5.37. The van der Waals surface area contributed by atoms with E-state index in [2.05, 4.69) is 10.3 Å². The quantitative estimate of drug-likeness (QED) is 0.757. The van der Waals surface area contributed by atoms with E-state index >= 15 is 0 Å². The third-order valence-electron chi connectivity index (χ3n) is 4.33. The molecule has 5 nitrogen and oxygen atoms in total. The summed E-state index contributed by atoms with van der Waals surface area (Å²) in [7, 11) is 0. The number of nitrogens with zero attached hydrogens (tertiary/aromatic N) is 2. The summed E-state index contributed by atoms with van der Waals surface area (Å²) in [6, 6.07) is 16.9. The van der Waals surface area contributed by atoms with E-state index in [9.17, 15) is 9.59 Å². The molecule has 4 rings (SSSR count). The molecule has 1 aromatic heterocycles. The van der Waals surface area contributed by atoms with Crippen LogP contribution in [0.1, 0.15) is 23.6 Å². The lowest BCUT2D eigenvalue weighted by molar-refractivity contribution is -0.124. The number of carbonyl (C=O) groups is 2. The van der Waals surface area contributed by atoms with Gasteiger partial charge in [0, 0.05) is 17.5 Å². The first-order valence-corrected chi connectivity index (χ1v) is 9.21. The first kappa shape index (κ1) is 16.5. The molecule has 1 aliphatic heterocycles. The molecule has 0 saturated carbocycles. The van der Waals surface area contributed by atoms with E-state index in [0.717, 1.165) is 16.9 Å². The van der Waals surface area contributed by atoms with Crippen molar-refractivity contribution < 1.29 is 9.59 Å². The minimum Gasteiger partial charge on any atom is -0.326 e. The van der Waals surface area contributed by atoms with Crippen molar-refractivity contribution in [3.8, 4) is 0 Å². The van der Waals surface area contributed by atoms with Crippen LogP contribution in [-0.2, 0) is 9.59 Å². The van der Waals surface area contributed by atoms with Gasteiger partial charge in [-0.3, -0.25) is 14.5 Å². The largest absolute Gasteiger partial charge is 0.326 e. The van der Waals surface area contributed by atoms with E-state index in [1.54, 1.807) is 4.90 Å². The van der Waals surface area contributed by atoms with Gasteiger partial charge in [0.05, 0.1) is 17.3 Å². The van der Waals surface area contributed by atoms with Crippen molar-refractivity contribution in [2.45, 2.75) is 19.3 Å². The molecule has 0 radical (unpaired) electrons. The normalized spacial score (nSPS) is 15.9. The molecule has 130 valence electrons. The van der Waals surface area contributed by atoms with Crippen molar-refractivity contribution in [1.29, 1.82) is 0 Å². The fourth-order valence-electron chi connectivity index (χ4n) is 3.14. The van der Waals surface area contributed by atoms with Gasteiger partial charge in [0.2, 0.25) is 11.8 Å². The first-order chi connectivity index (χ1) is 12.6. The van der Waals surface area contributed by atoms with Crippen LogP contribution >= 0.6 is 11.3 Å². The Hall–Kier alpha value is -2.99. The van der Waals surface area contributed by atoms with Crippen molar-refractivity contribution in [2.24, 2.45) is 0 Å². The molecule has 1 atom stereocenters. The zero-order valence-electron chi connectivity index (χ0n) is 14.2. The molecule has 1 unspecified atom stereocenters. The summed E-state index contributed by atoms with van der Waals surface area (Å²) in [5.41, 5.74) is 3.15. The zero-order chi connectivity index (χ0) is 18.1. The number of para-hydroxylation sites is 2. The molecule has 6 heteroatoms. The molecule has 2 amide bonds. The zero-order valence-corrected chi connectivity index (χ0v) is 15.0. The smallest absolute Gasteiger partial charge is 0.241 e. The van der Waals surface area contributed by atoms with Gasteiger partial charge in [-0.15, -0.1) is 11.3 Å². The number of thiazole rings is 1. The van der Waals surface area contributed by atoms with Gasteiger partial charge in [-0.1, -0.05) is 36.4 Å². The molecule has 0 bridgehead atoms. The molecule has 26 heavy (non-hydrogen) atoms. The molecule has 0 fully saturated rings. The Bertz CT molecular complexity index is 968. The predicted octanol–water partition coefficient (Wildman–Crippen LogP) is 4.24. The maximum absolute atomic E-state index is 13.5. The number of nitrogens with one attached hydrogen (secondary N) is 1. The van der Waals surface area contributed by atoms with Gasteiger partial charge in [-0.2, -0.15) is 0 Å². The number of fused-ring (bicyclic) bond motifs is 1. The minimum absolute atomic E-state index is 0.129. The second kappa shape index (κ2) is 6.72. The van der Waals surface area contributed by atoms with E-state index in [-0.39, 0.29) is 18.2 Å². The van der Waals surface area contributed by atoms with Gasteiger partial charge in [0.25, 0.3) is 0 Å². The van der Waals surface area contributed by atoms with E-state index in [1.807, 2.05) is 66.9 Å². The van der Waals surface area contributed by atoms with E-state index in [0.29, 0.717) is 10.8 Å². The Morgan fingerprint density at radius 1 is 1.15 bits per heavy atom. The van der Waals surface area contributed by atoms with Crippen LogP contribution in [0.25, 0.3) is 0 Å². The summed E-state index contributed by atoms with van der Waals surface area (Å²) >= 11 is 1.42. The van der Waals surface area contributed by atoms with E-state index in [4.69, 9.17) is 0 Å². The van der Waals surface area contributed by atoms with Crippen LogP contribution in [0.5, 0.6) is 0 Å². The number of anilines is 3. The summed E-state index contributed by atoms with van der Waals surface area (Å²) in [4.78, 5) is 31.8. The van der Waals surface area contributed by atoms with Gasteiger partial charge < -0.3 is 5.32 Å². The van der Waals surface area contributed by atoms with Gasteiger partial charge >= 0.3 is 0 Å². The SMILES string of the molecule is Cc1csc(N(C(=O)C2CC(=O)Nc3ccccc32)c2ccccc2)n1. The second-order valence-electron chi connectivity index (χ2n) is 6.17. The monoisotopic (exact) mass is 363 g/mol. The number of benzene rings is 2. The van der Waals surface area contributed by atoms with Crippen molar-refractivity contribution >= 4 is 39.7 Å². The summed E-state index contributed by atoms with van der Waals surface area (Å²) < 4.78 is 0. The Balaban J connectivity index is 1.79. The molecule has 1 N–H and O–H groups in total. The highest BCUT2D eigenvalue weighted by molar-refractivity contribution is 7.14. The number of amides is 2. The van der Waals surface area contributed by atoms with Crippen LogP contribution in [0.15, 0.2) is 60.0 Å². The number of hydrogen-bond acceptors (Lipinski definition) is 4. The number of hydrogen-bond donors (Lipinski definition) is 1. The van der Waals surface area contributed by atoms with Gasteiger partial charge in [0.1, 0.15) is 0 Å². The number of rotatable bonds is 3. The third-order valence-corrected chi connectivity index (χ3v) is 5.27.